The number of alkyl halides is 4. The smallest absolute Gasteiger partial charge is 0.426 e. The van der Waals surface area contributed by atoms with Gasteiger partial charge in [0.25, 0.3) is 0 Å². The van der Waals surface area contributed by atoms with Crippen LogP contribution in [0, 0.1) is 0 Å². The number of rotatable bonds is 3. The maximum atomic E-state index is 12.5. The molecule has 2 nitrogen and oxygen atoms in total. The second-order valence-electron chi connectivity index (χ2n) is 2.65. The number of anilines is 1. The molecular weight excluding hydrogens is 282 g/mol. The Bertz CT molecular complexity index is 358. The van der Waals surface area contributed by atoms with Crippen LogP contribution in [0.4, 0.5) is 23.2 Å². The SMILES string of the molecule is Nc1cc(Br)ccc1OC(F)(F)C(F)F. The van der Waals surface area contributed by atoms with Gasteiger partial charge in [-0.1, -0.05) is 15.9 Å². The van der Waals surface area contributed by atoms with Gasteiger partial charge in [0, 0.05) is 4.47 Å². The average Bonchev–Trinajstić information content (AvgIpc) is 2.09. The summed E-state index contributed by atoms with van der Waals surface area (Å²) in [6, 6.07) is 3.71. The molecule has 7 heteroatoms. The van der Waals surface area contributed by atoms with Gasteiger partial charge in [-0.05, 0) is 18.2 Å². The zero-order valence-electron chi connectivity index (χ0n) is 7.18. The Balaban J connectivity index is 2.90. The van der Waals surface area contributed by atoms with Crippen molar-refractivity contribution < 1.29 is 22.3 Å². The van der Waals surface area contributed by atoms with Crippen LogP contribution in [0.1, 0.15) is 0 Å². The van der Waals surface area contributed by atoms with Gasteiger partial charge in [0.15, 0.2) is 0 Å². The van der Waals surface area contributed by atoms with Crippen LogP contribution in [0.15, 0.2) is 22.7 Å². The first kappa shape index (κ1) is 12.1. The minimum Gasteiger partial charge on any atom is -0.426 e. The maximum absolute atomic E-state index is 12.5. The number of hydrogen-bond acceptors (Lipinski definition) is 2. The van der Waals surface area contributed by atoms with Gasteiger partial charge in [0.05, 0.1) is 5.69 Å². The zero-order valence-corrected chi connectivity index (χ0v) is 8.77. The summed E-state index contributed by atoms with van der Waals surface area (Å²) in [5.74, 6) is -0.483. The van der Waals surface area contributed by atoms with E-state index in [1.165, 1.54) is 12.1 Å². The van der Waals surface area contributed by atoms with Crippen molar-refractivity contribution in [1.29, 1.82) is 0 Å². The highest BCUT2D eigenvalue weighted by atomic mass is 79.9. The summed E-state index contributed by atoms with van der Waals surface area (Å²) in [5, 5.41) is 0. The number of ether oxygens (including phenoxy) is 1. The quantitative estimate of drug-likeness (QED) is 0.684. The zero-order chi connectivity index (χ0) is 11.6. The number of hydrogen-bond donors (Lipinski definition) is 1. The molecule has 0 atom stereocenters. The lowest BCUT2D eigenvalue weighted by molar-refractivity contribution is -0.252. The van der Waals surface area contributed by atoms with Crippen molar-refractivity contribution in [3.05, 3.63) is 22.7 Å². The first-order chi connectivity index (χ1) is 6.83. The minimum atomic E-state index is -4.54. The monoisotopic (exact) mass is 287 g/mol. The van der Waals surface area contributed by atoms with Gasteiger partial charge < -0.3 is 10.5 Å². The van der Waals surface area contributed by atoms with Crippen molar-refractivity contribution in [1.82, 2.24) is 0 Å². The van der Waals surface area contributed by atoms with Crippen LogP contribution in [0.25, 0.3) is 0 Å². The van der Waals surface area contributed by atoms with E-state index < -0.39 is 18.3 Å². The first-order valence-electron chi connectivity index (χ1n) is 3.73. The summed E-state index contributed by atoms with van der Waals surface area (Å²) >= 11 is 3.03. The van der Waals surface area contributed by atoms with E-state index in [0.717, 1.165) is 6.07 Å². The van der Waals surface area contributed by atoms with Gasteiger partial charge in [-0.25, -0.2) is 0 Å². The van der Waals surface area contributed by atoms with Crippen molar-refractivity contribution in [2.75, 3.05) is 5.73 Å². The molecular formula is C8H6BrF4NO. The van der Waals surface area contributed by atoms with Gasteiger partial charge >= 0.3 is 12.5 Å². The Morgan fingerprint density at radius 2 is 1.93 bits per heavy atom. The fourth-order valence-corrected chi connectivity index (χ4v) is 1.18. The van der Waals surface area contributed by atoms with Gasteiger partial charge in [-0.15, -0.1) is 0 Å². The highest BCUT2D eigenvalue weighted by Crippen LogP contribution is 2.32. The van der Waals surface area contributed by atoms with Crippen LogP contribution in [-0.4, -0.2) is 12.5 Å². The van der Waals surface area contributed by atoms with Gasteiger partial charge in [0.1, 0.15) is 5.75 Å². The normalized spacial score (nSPS) is 11.9. The van der Waals surface area contributed by atoms with Gasteiger partial charge in [-0.2, -0.15) is 17.6 Å². The third-order valence-corrected chi connectivity index (χ3v) is 1.97. The Labute approximate surface area is 91.1 Å². The summed E-state index contributed by atoms with van der Waals surface area (Å²) in [6.45, 7) is 0. The molecule has 1 rings (SSSR count). The Hall–Kier alpha value is -0.980. The van der Waals surface area contributed by atoms with Crippen molar-refractivity contribution in [3.63, 3.8) is 0 Å². The van der Waals surface area contributed by atoms with E-state index in [-0.39, 0.29) is 5.69 Å². The van der Waals surface area contributed by atoms with Gasteiger partial charge in [0.2, 0.25) is 0 Å². The van der Waals surface area contributed by atoms with Crippen molar-refractivity contribution >= 4 is 21.6 Å². The number of halogens is 5. The predicted molar refractivity (Wildman–Crippen MR) is 50.1 cm³/mol. The van der Waals surface area contributed by atoms with Crippen LogP contribution < -0.4 is 10.5 Å². The highest BCUT2D eigenvalue weighted by Gasteiger charge is 2.44. The lowest BCUT2D eigenvalue weighted by Crippen LogP contribution is -2.33. The molecule has 1 aromatic carbocycles. The lowest BCUT2D eigenvalue weighted by Gasteiger charge is -2.17. The molecule has 2 N–H and O–H groups in total. The Kier molecular flexibility index (Phi) is 3.43. The molecule has 0 aliphatic carbocycles. The molecule has 0 saturated carbocycles. The van der Waals surface area contributed by atoms with E-state index in [2.05, 4.69) is 20.7 Å². The van der Waals surface area contributed by atoms with E-state index in [1.807, 2.05) is 0 Å². The Morgan fingerprint density at radius 1 is 1.33 bits per heavy atom. The summed E-state index contributed by atoms with van der Waals surface area (Å²) in [4.78, 5) is 0. The van der Waals surface area contributed by atoms with E-state index >= 15 is 0 Å². The number of benzene rings is 1. The molecule has 0 unspecified atom stereocenters. The second-order valence-corrected chi connectivity index (χ2v) is 3.56. The molecule has 0 aromatic heterocycles. The molecule has 0 radical (unpaired) electrons. The van der Waals surface area contributed by atoms with Crippen LogP contribution in [0.5, 0.6) is 5.75 Å². The van der Waals surface area contributed by atoms with Crippen LogP contribution in [0.2, 0.25) is 0 Å². The van der Waals surface area contributed by atoms with E-state index in [4.69, 9.17) is 5.73 Å². The molecule has 0 fully saturated rings. The Morgan fingerprint density at radius 3 is 2.40 bits per heavy atom. The molecule has 0 spiro atoms. The number of nitrogen functional groups attached to an aromatic ring is 1. The molecule has 0 amide bonds. The van der Waals surface area contributed by atoms with Crippen molar-refractivity contribution in [2.24, 2.45) is 0 Å². The molecule has 1 aromatic rings. The van der Waals surface area contributed by atoms with Crippen molar-refractivity contribution in [2.45, 2.75) is 12.5 Å². The number of nitrogens with two attached hydrogens (primary N) is 1. The largest absolute Gasteiger partial charge is 0.461 e. The minimum absolute atomic E-state index is 0.148. The third-order valence-electron chi connectivity index (χ3n) is 1.47. The fraction of sp³-hybridized carbons (Fsp3) is 0.250. The highest BCUT2D eigenvalue weighted by molar-refractivity contribution is 9.10. The summed E-state index contributed by atoms with van der Waals surface area (Å²) in [7, 11) is 0. The molecule has 84 valence electrons. The van der Waals surface area contributed by atoms with E-state index in [1.54, 1.807) is 0 Å². The molecule has 0 bridgehead atoms. The molecule has 0 aliphatic rings. The molecule has 0 aliphatic heterocycles. The van der Waals surface area contributed by atoms with Gasteiger partial charge in [-0.3, -0.25) is 0 Å². The second kappa shape index (κ2) is 4.26. The topological polar surface area (TPSA) is 35.2 Å². The summed E-state index contributed by atoms with van der Waals surface area (Å²) < 4.78 is 52.9. The summed E-state index contributed by atoms with van der Waals surface area (Å²) in [5.41, 5.74) is 5.15. The molecule has 0 saturated heterocycles. The first-order valence-corrected chi connectivity index (χ1v) is 4.52. The van der Waals surface area contributed by atoms with Crippen LogP contribution in [-0.2, 0) is 0 Å². The fourth-order valence-electron chi connectivity index (χ4n) is 0.803. The average molecular weight is 288 g/mol. The standard InChI is InChI=1S/C8H6BrF4NO/c9-4-1-2-6(5(14)3-4)15-8(12,13)7(10)11/h1-3,7H,14H2. The molecule has 0 heterocycles. The predicted octanol–water partition coefficient (Wildman–Crippen LogP) is 3.27. The lowest BCUT2D eigenvalue weighted by atomic mass is 10.3. The van der Waals surface area contributed by atoms with Crippen molar-refractivity contribution in [3.8, 4) is 5.75 Å². The van der Waals surface area contributed by atoms with Crippen LogP contribution in [0.3, 0.4) is 0 Å². The van der Waals surface area contributed by atoms with Crippen LogP contribution >= 0.6 is 15.9 Å². The third kappa shape index (κ3) is 2.98. The maximum Gasteiger partial charge on any atom is 0.461 e. The van der Waals surface area contributed by atoms with E-state index in [0.29, 0.717) is 4.47 Å². The summed E-state index contributed by atoms with van der Waals surface area (Å²) in [6.07, 6.45) is -8.44. The molecule has 15 heavy (non-hydrogen) atoms. The van der Waals surface area contributed by atoms with E-state index in [9.17, 15) is 17.6 Å².